The van der Waals surface area contributed by atoms with Gasteiger partial charge in [-0.15, -0.1) is 5.10 Å². The fraction of sp³-hybridized carbons (Fsp3) is 0.250. The van der Waals surface area contributed by atoms with Crippen molar-refractivity contribution >= 4 is 34.7 Å². The molecule has 0 saturated heterocycles. The largest absolute Gasteiger partial charge is 0.339 e. The Bertz CT molecular complexity index is 592. The van der Waals surface area contributed by atoms with Crippen LogP contribution in [0.3, 0.4) is 0 Å². The zero-order valence-corrected chi connectivity index (χ0v) is 11.9. The molecule has 0 aliphatic carbocycles. The van der Waals surface area contributed by atoms with Gasteiger partial charge in [0, 0.05) is 17.8 Å². The van der Waals surface area contributed by atoms with Gasteiger partial charge in [0.05, 0.1) is 5.69 Å². The zero-order chi connectivity index (χ0) is 13.1. The minimum Gasteiger partial charge on any atom is -0.339 e. The summed E-state index contributed by atoms with van der Waals surface area (Å²) in [5, 5.41) is 8.01. The molecule has 1 aromatic heterocycles. The van der Waals surface area contributed by atoms with Crippen molar-refractivity contribution in [1.29, 1.82) is 0 Å². The number of nitrogens with zero attached hydrogens (tertiary/aromatic N) is 3. The Kier molecular flexibility index (Phi) is 3.93. The standard InChI is InChI=1S/C12H13ClN4S/c1-7-6-9(13)4-5-10(7)15-12(14-3)11-8(2)16-17-18-11/h4-6H,1-3H3,(H,14,15). The average molecular weight is 281 g/mol. The molecule has 2 aromatic rings. The fourth-order valence-electron chi connectivity index (χ4n) is 1.56. The highest BCUT2D eigenvalue weighted by atomic mass is 35.5. The second kappa shape index (κ2) is 5.46. The number of aromatic nitrogens is 2. The second-order valence-corrected chi connectivity index (χ2v) is 5.03. The molecule has 2 rings (SSSR count). The van der Waals surface area contributed by atoms with Crippen LogP contribution in [0, 0.1) is 13.8 Å². The van der Waals surface area contributed by atoms with E-state index in [0.29, 0.717) is 0 Å². The lowest BCUT2D eigenvalue weighted by Gasteiger charge is -2.10. The first-order valence-corrected chi connectivity index (χ1v) is 6.56. The molecule has 0 unspecified atom stereocenters. The Labute approximate surface area is 115 Å². The van der Waals surface area contributed by atoms with Gasteiger partial charge in [0.25, 0.3) is 0 Å². The van der Waals surface area contributed by atoms with E-state index in [1.807, 2.05) is 32.0 Å². The number of hydrogen-bond acceptors (Lipinski definition) is 4. The molecular weight excluding hydrogens is 268 g/mol. The lowest BCUT2D eigenvalue weighted by atomic mass is 10.2. The Morgan fingerprint density at radius 3 is 2.72 bits per heavy atom. The van der Waals surface area contributed by atoms with Gasteiger partial charge in [-0.25, -0.2) is 0 Å². The summed E-state index contributed by atoms with van der Waals surface area (Å²) in [7, 11) is 1.74. The number of benzene rings is 1. The fourth-order valence-corrected chi connectivity index (χ4v) is 2.43. The van der Waals surface area contributed by atoms with Crippen LogP contribution in [0.1, 0.15) is 16.1 Å². The van der Waals surface area contributed by atoms with Gasteiger partial charge in [0.2, 0.25) is 0 Å². The van der Waals surface area contributed by atoms with Gasteiger partial charge in [-0.1, -0.05) is 16.1 Å². The van der Waals surface area contributed by atoms with Crippen LogP contribution >= 0.6 is 23.1 Å². The molecule has 0 aliphatic rings. The first-order valence-electron chi connectivity index (χ1n) is 5.41. The Morgan fingerprint density at radius 2 is 2.17 bits per heavy atom. The van der Waals surface area contributed by atoms with Crippen molar-refractivity contribution in [3.05, 3.63) is 39.4 Å². The first kappa shape index (κ1) is 13.0. The highest BCUT2D eigenvalue weighted by Gasteiger charge is 2.11. The summed E-state index contributed by atoms with van der Waals surface area (Å²) in [6.45, 7) is 3.92. The van der Waals surface area contributed by atoms with Crippen molar-refractivity contribution < 1.29 is 0 Å². The van der Waals surface area contributed by atoms with Crippen molar-refractivity contribution in [2.24, 2.45) is 4.99 Å². The van der Waals surface area contributed by atoms with Gasteiger partial charge in [0.1, 0.15) is 10.7 Å². The molecule has 1 N–H and O–H groups in total. The van der Waals surface area contributed by atoms with Crippen molar-refractivity contribution in [1.82, 2.24) is 9.59 Å². The van der Waals surface area contributed by atoms with E-state index in [-0.39, 0.29) is 0 Å². The minimum absolute atomic E-state index is 0.726. The second-order valence-electron chi connectivity index (χ2n) is 3.84. The predicted octanol–water partition coefficient (Wildman–Crippen LogP) is 3.30. The number of halogens is 1. The highest BCUT2D eigenvalue weighted by Crippen LogP contribution is 2.21. The van der Waals surface area contributed by atoms with Crippen LogP contribution in [0.4, 0.5) is 5.69 Å². The Morgan fingerprint density at radius 1 is 1.39 bits per heavy atom. The molecule has 0 amide bonds. The maximum absolute atomic E-state index is 5.94. The number of anilines is 1. The van der Waals surface area contributed by atoms with Gasteiger partial charge in [0.15, 0.2) is 0 Å². The monoisotopic (exact) mass is 280 g/mol. The van der Waals surface area contributed by atoms with Crippen molar-refractivity contribution in [2.75, 3.05) is 12.4 Å². The third kappa shape index (κ3) is 2.68. The average Bonchev–Trinajstić information content (AvgIpc) is 2.75. The summed E-state index contributed by atoms with van der Waals surface area (Å²) in [5.41, 5.74) is 2.92. The number of nitrogens with one attached hydrogen (secondary N) is 1. The molecule has 4 nitrogen and oxygen atoms in total. The summed E-state index contributed by atoms with van der Waals surface area (Å²) < 4.78 is 3.92. The smallest absolute Gasteiger partial charge is 0.146 e. The van der Waals surface area contributed by atoms with Gasteiger partial charge in [-0.2, -0.15) is 0 Å². The van der Waals surface area contributed by atoms with Gasteiger partial charge >= 0.3 is 0 Å². The van der Waals surface area contributed by atoms with Crippen LogP contribution in [0.15, 0.2) is 23.2 Å². The molecule has 0 bridgehead atoms. The number of amidine groups is 1. The van der Waals surface area contributed by atoms with Crippen LogP contribution < -0.4 is 5.32 Å². The molecule has 18 heavy (non-hydrogen) atoms. The van der Waals surface area contributed by atoms with E-state index in [4.69, 9.17) is 11.6 Å². The SMILES string of the molecule is CN=C(Nc1ccc(Cl)cc1C)c1snnc1C. The lowest BCUT2D eigenvalue weighted by molar-refractivity contribution is 1.09. The quantitative estimate of drug-likeness (QED) is 0.678. The van der Waals surface area contributed by atoms with E-state index in [1.54, 1.807) is 7.05 Å². The molecule has 1 heterocycles. The van der Waals surface area contributed by atoms with Crippen LogP contribution in [-0.4, -0.2) is 22.5 Å². The lowest BCUT2D eigenvalue weighted by Crippen LogP contribution is -2.14. The molecular formula is C12H13ClN4S. The predicted molar refractivity (Wildman–Crippen MR) is 76.9 cm³/mol. The molecule has 0 radical (unpaired) electrons. The van der Waals surface area contributed by atoms with Gasteiger partial charge in [-0.05, 0) is 49.1 Å². The van der Waals surface area contributed by atoms with Gasteiger partial charge < -0.3 is 5.32 Å². The van der Waals surface area contributed by atoms with E-state index in [0.717, 1.165) is 32.7 Å². The molecule has 0 aliphatic heterocycles. The third-order valence-corrected chi connectivity index (χ3v) is 3.60. The molecule has 6 heteroatoms. The number of rotatable bonds is 2. The molecule has 0 saturated carbocycles. The Balaban J connectivity index is 2.30. The Hall–Kier alpha value is -1.46. The maximum atomic E-state index is 5.94. The molecule has 1 aromatic carbocycles. The normalized spacial score (nSPS) is 11.7. The highest BCUT2D eigenvalue weighted by molar-refractivity contribution is 7.08. The van der Waals surface area contributed by atoms with Crippen molar-refractivity contribution in [3.8, 4) is 0 Å². The van der Waals surface area contributed by atoms with Crippen molar-refractivity contribution in [2.45, 2.75) is 13.8 Å². The van der Waals surface area contributed by atoms with E-state index < -0.39 is 0 Å². The van der Waals surface area contributed by atoms with E-state index in [2.05, 4.69) is 19.9 Å². The third-order valence-electron chi connectivity index (χ3n) is 2.53. The summed E-state index contributed by atoms with van der Waals surface area (Å²) in [5.74, 6) is 0.771. The number of hydrogen-bond donors (Lipinski definition) is 1. The first-order chi connectivity index (χ1) is 8.61. The molecule has 0 atom stereocenters. The summed E-state index contributed by atoms with van der Waals surface area (Å²) in [6.07, 6.45) is 0. The van der Waals surface area contributed by atoms with Crippen LogP contribution in [-0.2, 0) is 0 Å². The molecule has 0 spiro atoms. The van der Waals surface area contributed by atoms with Crippen molar-refractivity contribution in [3.63, 3.8) is 0 Å². The van der Waals surface area contributed by atoms with E-state index in [9.17, 15) is 0 Å². The summed E-state index contributed by atoms with van der Waals surface area (Å²) >= 11 is 7.27. The number of aliphatic imine (C=N–C) groups is 1. The summed E-state index contributed by atoms with van der Waals surface area (Å²) in [6, 6.07) is 5.70. The van der Waals surface area contributed by atoms with Crippen LogP contribution in [0.25, 0.3) is 0 Å². The summed E-state index contributed by atoms with van der Waals surface area (Å²) in [4.78, 5) is 5.20. The van der Waals surface area contributed by atoms with E-state index in [1.165, 1.54) is 11.5 Å². The van der Waals surface area contributed by atoms with Gasteiger partial charge in [-0.3, -0.25) is 4.99 Å². The maximum Gasteiger partial charge on any atom is 0.146 e. The topological polar surface area (TPSA) is 50.2 Å². The zero-order valence-electron chi connectivity index (χ0n) is 10.4. The minimum atomic E-state index is 0.726. The van der Waals surface area contributed by atoms with Crippen LogP contribution in [0.2, 0.25) is 5.02 Å². The molecule has 94 valence electrons. The number of aryl methyl sites for hydroxylation is 2. The van der Waals surface area contributed by atoms with Crippen LogP contribution in [0.5, 0.6) is 0 Å². The van der Waals surface area contributed by atoms with E-state index >= 15 is 0 Å². The molecule has 0 fully saturated rings.